The zero-order chi connectivity index (χ0) is 24.1. The van der Waals surface area contributed by atoms with Gasteiger partial charge in [0.1, 0.15) is 18.2 Å². The monoisotopic (exact) mass is 484 g/mol. The Morgan fingerprint density at radius 1 is 1.06 bits per heavy atom. The Morgan fingerprint density at radius 2 is 1.79 bits per heavy atom. The van der Waals surface area contributed by atoms with E-state index in [0.717, 1.165) is 16.7 Å². The minimum Gasteiger partial charge on any atom is -0.492 e. The van der Waals surface area contributed by atoms with Gasteiger partial charge in [-0.05, 0) is 59.7 Å². The summed E-state index contributed by atoms with van der Waals surface area (Å²) in [6, 6.07) is 17.9. The first-order chi connectivity index (χ1) is 16.3. The Labute approximate surface area is 198 Å². The number of anilines is 1. The molecule has 0 bridgehead atoms. The van der Waals surface area contributed by atoms with Crippen molar-refractivity contribution in [1.82, 2.24) is 4.31 Å². The number of benzene rings is 3. The van der Waals surface area contributed by atoms with Crippen molar-refractivity contribution in [3.8, 4) is 5.75 Å². The molecule has 0 saturated heterocycles. The van der Waals surface area contributed by atoms with E-state index in [-0.39, 0.29) is 42.9 Å². The average molecular weight is 485 g/mol. The van der Waals surface area contributed by atoms with E-state index in [1.807, 2.05) is 18.2 Å². The van der Waals surface area contributed by atoms with Gasteiger partial charge in [0.15, 0.2) is 0 Å². The molecule has 178 valence electrons. The molecule has 0 aliphatic carbocycles. The largest absolute Gasteiger partial charge is 0.492 e. The number of halogens is 1. The third-order valence-corrected chi connectivity index (χ3v) is 7.17. The highest BCUT2D eigenvalue weighted by atomic mass is 32.2. The van der Waals surface area contributed by atoms with E-state index in [0.29, 0.717) is 18.0 Å². The highest BCUT2D eigenvalue weighted by molar-refractivity contribution is 7.89. The molecule has 3 aromatic rings. The van der Waals surface area contributed by atoms with Crippen molar-refractivity contribution >= 4 is 21.6 Å². The number of amides is 1. The van der Waals surface area contributed by atoms with Crippen LogP contribution >= 0.6 is 0 Å². The molecule has 1 amide bonds. The fourth-order valence-electron chi connectivity index (χ4n) is 3.69. The predicted octanol–water partition coefficient (Wildman–Crippen LogP) is 4.08. The van der Waals surface area contributed by atoms with E-state index in [4.69, 9.17) is 9.47 Å². The molecule has 0 saturated carbocycles. The second-order valence-corrected chi connectivity index (χ2v) is 9.90. The quantitative estimate of drug-likeness (QED) is 0.546. The van der Waals surface area contributed by atoms with Crippen LogP contribution in [0, 0.1) is 5.82 Å². The van der Waals surface area contributed by atoms with Crippen LogP contribution in [0.15, 0.2) is 71.6 Å². The number of carbonyl (C=O) groups excluding carboxylic acids is 1. The van der Waals surface area contributed by atoms with E-state index >= 15 is 0 Å². The normalized spacial score (nSPS) is 14.1. The van der Waals surface area contributed by atoms with Gasteiger partial charge >= 0.3 is 0 Å². The first kappa shape index (κ1) is 23.9. The van der Waals surface area contributed by atoms with Crippen molar-refractivity contribution < 1.29 is 27.1 Å². The van der Waals surface area contributed by atoms with Crippen LogP contribution in [0.4, 0.5) is 10.1 Å². The van der Waals surface area contributed by atoms with Gasteiger partial charge in [0.25, 0.3) is 0 Å². The summed E-state index contributed by atoms with van der Waals surface area (Å²) < 4.78 is 52.7. The Morgan fingerprint density at radius 3 is 2.50 bits per heavy atom. The van der Waals surface area contributed by atoms with Gasteiger partial charge in [-0.3, -0.25) is 4.79 Å². The van der Waals surface area contributed by atoms with Crippen LogP contribution in [0.25, 0.3) is 0 Å². The van der Waals surface area contributed by atoms with Gasteiger partial charge in [0, 0.05) is 31.3 Å². The van der Waals surface area contributed by atoms with Gasteiger partial charge < -0.3 is 14.8 Å². The second-order valence-electron chi connectivity index (χ2n) is 7.96. The molecule has 0 unspecified atom stereocenters. The van der Waals surface area contributed by atoms with Gasteiger partial charge in [0.05, 0.1) is 18.1 Å². The van der Waals surface area contributed by atoms with Crippen molar-refractivity contribution in [2.45, 2.75) is 31.6 Å². The van der Waals surface area contributed by atoms with Crippen LogP contribution in [0.5, 0.6) is 5.75 Å². The first-order valence-electron chi connectivity index (χ1n) is 10.8. The summed E-state index contributed by atoms with van der Waals surface area (Å²) in [6.45, 7) is 2.53. The van der Waals surface area contributed by atoms with Crippen molar-refractivity contribution in [1.29, 1.82) is 0 Å². The fraction of sp³-hybridized carbons (Fsp3) is 0.240. The second kappa shape index (κ2) is 10.3. The highest BCUT2D eigenvalue weighted by Crippen LogP contribution is 2.28. The van der Waals surface area contributed by atoms with Gasteiger partial charge in [-0.2, -0.15) is 4.31 Å². The Hall–Kier alpha value is -3.27. The summed E-state index contributed by atoms with van der Waals surface area (Å²) in [5.74, 6) is 0.0921. The van der Waals surface area contributed by atoms with Crippen LogP contribution in [-0.4, -0.2) is 31.8 Å². The zero-order valence-electron chi connectivity index (χ0n) is 18.7. The minimum absolute atomic E-state index is 0.139. The molecule has 0 aromatic heterocycles. The number of nitrogens with zero attached hydrogens (tertiary/aromatic N) is 1. The predicted molar refractivity (Wildman–Crippen MR) is 125 cm³/mol. The minimum atomic E-state index is -3.77. The van der Waals surface area contributed by atoms with Crippen LogP contribution in [0.3, 0.4) is 0 Å². The van der Waals surface area contributed by atoms with Gasteiger partial charge in [0.2, 0.25) is 15.9 Å². The lowest BCUT2D eigenvalue weighted by Crippen LogP contribution is -2.32. The van der Waals surface area contributed by atoms with Crippen LogP contribution < -0.4 is 10.1 Å². The molecule has 7 nitrogen and oxygen atoms in total. The maximum atomic E-state index is 13.3. The number of hydrogen-bond donors (Lipinski definition) is 1. The lowest BCUT2D eigenvalue weighted by atomic mass is 10.1. The smallest absolute Gasteiger partial charge is 0.243 e. The van der Waals surface area contributed by atoms with Gasteiger partial charge in [-0.1, -0.05) is 18.2 Å². The number of carbonyl (C=O) groups is 1. The molecule has 1 N–H and O–H groups in total. The Balaban J connectivity index is 1.46. The molecular weight excluding hydrogens is 459 g/mol. The molecule has 3 aromatic carbocycles. The summed E-state index contributed by atoms with van der Waals surface area (Å²) >= 11 is 0. The van der Waals surface area contributed by atoms with Gasteiger partial charge in [-0.15, -0.1) is 0 Å². The third-order valence-electron chi connectivity index (χ3n) is 5.31. The summed E-state index contributed by atoms with van der Waals surface area (Å²) in [4.78, 5) is 11.3. The highest BCUT2D eigenvalue weighted by Gasteiger charge is 2.28. The molecule has 1 aliphatic rings. The van der Waals surface area contributed by atoms with Crippen molar-refractivity contribution in [2.24, 2.45) is 0 Å². The number of ether oxygens (including phenoxy) is 2. The van der Waals surface area contributed by atoms with E-state index in [1.54, 1.807) is 24.3 Å². The summed E-state index contributed by atoms with van der Waals surface area (Å²) in [5.41, 5.74) is 2.86. The zero-order valence-corrected chi connectivity index (χ0v) is 19.5. The maximum absolute atomic E-state index is 13.3. The van der Waals surface area contributed by atoms with Crippen LogP contribution in [-0.2, 0) is 39.3 Å². The van der Waals surface area contributed by atoms with E-state index < -0.39 is 10.0 Å². The Bertz CT molecular complexity index is 1280. The van der Waals surface area contributed by atoms with Crippen molar-refractivity contribution in [3.05, 3.63) is 89.2 Å². The fourth-order valence-corrected chi connectivity index (χ4v) is 5.10. The number of sulfonamides is 1. The van der Waals surface area contributed by atoms with Crippen molar-refractivity contribution in [3.63, 3.8) is 0 Å². The summed E-state index contributed by atoms with van der Waals surface area (Å²) in [7, 11) is -3.77. The molecule has 1 heterocycles. The molecule has 4 rings (SSSR count). The third kappa shape index (κ3) is 5.80. The molecular formula is C25H25FN2O5S. The molecule has 1 aliphatic heterocycles. The number of fused-ring (bicyclic) bond motifs is 1. The summed E-state index contributed by atoms with van der Waals surface area (Å²) in [6.07, 6.45) is 0. The van der Waals surface area contributed by atoms with Crippen molar-refractivity contribution in [2.75, 3.05) is 18.5 Å². The topological polar surface area (TPSA) is 84.9 Å². The van der Waals surface area contributed by atoms with Crippen LogP contribution in [0.2, 0.25) is 0 Å². The Kier molecular flexibility index (Phi) is 7.26. The number of hydrogen-bond acceptors (Lipinski definition) is 5. The van der Waals surface area contributed by atoms with E-state index in [1.165, 1.54) is 35.5 Å². The molecule has 9 heteroatoms. The maximum Gasteiger partial charge on any atom is 0.243 e. The number of nitrogens with one attached hydrogen (secondary N) is 1. The molecule has 0 radical (unpaired) electrons. The summed E-state index contributed by atoms with van der Waals surface area (Å²) in [5, 5.41) is 2.62. The molecule has 0 spiro atoms. The average Bonchev–Trinajstić information content (AvgIpc) is 3.02. The van der Waals surface area contributed by atoms with E-state index in [9.17, 15) is 17.6 Å². The lowest BCUT2D eigenvalue weighted by molar-refractivity contribution is -0.114. The first-order valence-corrected chi connectivity index (χ1v) is 12.2. The molecule has 0 fully saturated rings. The molecule has 34 heavy (non-hydrogen) atoms. The lowest BCUT2D eigenvalue weighted by Gasteiger charge is -2.20. The SMILES string of the molecule is CC(=O)Nc1ccc(S(=O)(=O)N2CCOc3ccc(COCc4cccc(F)c4)cc3C2)cc1. The standard InChI is InChI=1S/C25H25FN2O5S/c1-18(29)27-23-6-8-24(9-7-23)34(30,31)28-11-12-33-25-10-5-20(13-21(25)15-28)17-32-16-19-3-2-4-22(26)14-19/h2-10,13-14H,11-12,15-17H2,1H3,(H,27,29). The number of rotatable bonds is 7. The van der Waals surface area contributed by atoms with E-state index in [2.05, 4.69) is 5.32 Å². The van der Waals surface area contributed by atoms with Gasteiger partial charge in [-0.25, -0.2) is 12.8 Å². The van der Waals surface area contributed by atoms with Crippen LogP contribution in [0.1, 0.15) is 23.6 Å². The molecule has 0 atom stereocenters.